The molecule has 114 valence electrons. The molecule has 0 aromatic carbocycles. The smallest absolute Gasteiger partial charge is 0.265 e. The molecule has 7 heteroatoms. The van der Waals surface area contributed by atoms with Crippen molar-refractivity contribution in [2.45, 2.75) is 6.42 Å². The van der Waals surface area contributed by atoms with E-state index < -0.39 is 11.3 Å². The van der Waals surface area contributed by atoms with E-state index in [4.69, 9.17) is 10.5 Å². The summed E-state index contributed by atoms with van der Waals surface area (Å²) >= 11 is 0. The van der Waals surface area contributed by atoms with Crippen molar-refractivity contribution < 1.29 is 14.3 Å². The predicted octanol–water partition coefficient (Wildman–Crippen LogP) is -0.311. The predicted molar refractivity (Wildman–Crippen MR) is 76.8 cm³/mol. The molecule has 0 radical (unpaired) electrons. The van der Waals surface area contributed by atoms with Crippen molar-refractivity contribution in [2.24, 2.45) is 24.1 Å². The number of carbonyl (C=O) groups is 2. The van der Waals surface area contributed by atoms with Crippen molar-refractivity contribution >= 4 is 17.5 Å². The van der Waals surface area contributed by atoms with Crippen LogP contribution in [0.15, 0.2) is 12.3 Å². The maximum atomic E-state index is 12.7. The Hall–Kier alpha value is -1.86. The van der Waals surface area contributed by atoms with Gasteiger partial charge in [-0.15, -0.1) is 0 Å². The molecule has 0 aliphatic carbocycles. The first-order chi connectivity index (χ1) is 10.0. The largest absolute Gasteiger partial charge is 0.381 e. The van der Waals surface area contributed by atoms with Gasteiger partial charge in [-0.25, -0.2) is 0 Å². The van der Waals surface area contributed by atoms with Gasteiger partial charge in [-0.3, -0.25) is 9.59 Å². The van der Waals surface area contributed by atoms with Gasteiger partial charge < -0.3 is 25.7 Å². The summed E-state index contributed by atoms with van der Waals surface area (Å²) in [6.07, 6.45) is 2.41. The number of ether oxygens (including phenoxy) is 1. The molecule has 2 saturated heterocycles. The third-order valence-electron chi connectivity index (χ3n) is 4.59. The minimum atomic E-state index is -0.511. The van der Waals surface area contributed by atoms with E-state index in [1.165, 1.54) is 0 Å². The fraction of sp³-hybridized carbons (Fsp3) is 0.571. The van der Waals surface area contributed by atoms with Gasteiger partial charge in [-0.05, 0) is 12.5 Å². The number of hydrogen-bond donors (Lipinski definition) is 3. The van der Waals surface area contributed by atoms with Crippen LogP contribution in [0.25, 0.3) is 0 Å². The molecule has 2 aliphatic heterocycles. The Morgan fingerprint density at radius 2 is 2.38 bits per heavy atom. The Bertz CT molecular complexity index is 583. The molecular weight excluding hydrogens is 272 g/mol. The summed E-state index contributed by atoms with van der Waals surface area (Å²) in [6, 6.07) is 1.60. The Balaban J connectivity index is 1.79. The molecule has 2 amide bonds. The highest BCUT2D eigenvalue weighted by Gasteiger charge is 2.50. The molecule has 21 heavy (non-hydrogen) atoms. The molecular formula is C14H20N4O3. The van der Waals surface area contributed by atoms with Crippen LogP contribution in [0.2, 0.25) is 0 Å². The molecule has 3 heterocycles. The quantitative estimate of drug-likeness (QED) is 0.711. The van der Waals surface area contributed by atoms with Gasteiger partial charge in [0.1, 0.15) is 5.69 Å². The number of aryl methyl sites for hydroxylation is 1. The first-order valence-electron chi connectivity index (χ1n) is 7.09. The zero-order valence-corrected chi connectivity index (χ0v) is 12.0. The number of nitrogens with two attached hydrogens (primary N) is 1. The van der Waals surface area contributed by atoms with Crippen LogP contribution in [0.5, 0.6) is 0 Å². The first kappa shape index (κ1) is 14.1. The van der Waals surface area contributed by atoms with Gasteiger partial charge >= 0.3 is 0 Å². The number of anilines is 1. The number of nitrogens with one attached hydrogen (secondary N) is 2. The maximum absolute atomic E-state index is 12.7. The first-order valence-corrected chi connectivity index (χ1v) is 7.09. The molecule has 0 saturated carbocycles. The fourth-order valence-electron chi connectivity index (χ4n) is 3.31. The average Bonchev–Trinajstić information content (AvgIpc) is 3.02. The summed E-state index contributed by atoms with van der Waals surface area (Å²) in [6.45, 7) is 2.69. The molecule has 0 bridgehead atoms. The van der Waals surface area contributed by atoms with Crippen LogP contribution in [0.1, 0.15) is 16.9 Å². The molecule has 4 N–H and O–H groups in total. The molecule has 3 rings (SSSR count). The number of carbonyl (C=O) groups excluding carboxylic acids is 2. The Morgan fingerprint density at radius 1 is 1.57 bits per heavy atom. The Kier molecular flexibility index (Phi) is 3.46. The number of amides is 2. The van der Waals surface area contributed by atoms with E-state index in [0.29, 0.717) is 37.6 Å². The molecule has 7 nitrogen and oxygen atoms in total. The SMILES string of the molecule is Cn1cc(NC(=O)[C@@]23CCOC[C@@H]2CNC3)cc1C(N)=O. The average molecular weight is 292 g/mol. The van der Waals surface area contributed by atoms with Crippen molar-refractivity contribution in [3.05, 3.63) is 18.0 Å². The second kappa shape index (κ2) is 5.16. The normalized spacial score (nSPS) is 28.1. The second-order valence-corrected chi connectivity index (χ2v) is 5.85. The lowest BCUT2D eigenvalue weighted by Gasteiger charge is -2.36. The van der Waals surface area contributed by atoms with Gasteiger partial charge in [0.2, 0.25) is 5.91 Å². The van der Waals surface area contributed by atoms with Crippen LogP contribution < -0.4 is 16.4 Å². The minimum absolute atomic E-state index is 0.0116. The van der Waals surface area contributed by atoms with Crippen molar-refractivity contribution in [1.29, 1.82) is 0 Å². The molecule has 2 aliphatic rings. The van der Waals surface area contributed by atoms with E-state index in [0.717, 1.165) is 6.54 Å². The van der Waals surface area contributed by atoms with Crippen molar-refractivity contribution in [1.82, 2.24) is 9.88 Å². The molecule has 1 aromatic rings. The van der Waals surface area contributed by atoms with E-state index >= 15 is 0 Å². The lowest BCUT2D eigenvalue weighted by molar-refractivity contribution is -0.133. The summed E-state index contributed by atoms with van der Waals surface area (Å²) in [4.78, 5) is 24.0. The minimum Gasteiger partial charge on any atom is -0.381 e. The van der Waals surface area contributed by atoms with Gasteiger partial charge in [-0.2, -0.15) is 0 Å². The third-order valence-corrected chi connectivity index (χ3v) is 4.59. The van der Waals surface area contributed by atoms with Gasteiger partial charge in [0.15, 0.2) is 0 Å². The monoisotopic (exact) mass is 292 g/mol. The number of primary amides is 1. The summed E-state index contributed by atoms with van der Waals surface area (Å²) in [7, 11) is 1.72. The lowest BCUT2D eigenvalue weighted by atomic mass is 9.73. The number of nitrogens with zero attached hydrogens (tertiary/aromatic N) is 1. The molecule has 0 spiro atoms. The summed E-state index contributed by atoms with van der Waals surface area (Å²) < 4.78 is 7.09. The van der Waals surface area contributed by atoms with Gasteiger partial charge in [-0.1, -0.05) is 0 Å². The lowest BCUT2D eigenvalue weighted by Crippen LogP contribution is -2.47. The zero-order chi connectivity index (χ0) is 15.0. The molecule has 1 aromatic heterocycles. The van der Waals surface area contributed by atoms with E-state index in [-0.39, 0.29) is 11.8 Å². The van der Waals surface area contributed by atoms with Crippen LogP contribution >= 0.6 is 0 Å². The standard InChI is InChI=1S/C14H20N4O3/c1-18-6-10(4-11(18)12(15)19)17-13(20)14-2-3-21-7-9(14)5-16-8-14/h4,6,9,16H,2-3,5,7-8H2,1H3,(H2,15,19)(H,17,20)/t9-,14+/m0/s1. The van der Waals surface area contributed by atoms with E-state index in [1.807, 2.05) is 0 Å². The van der Waals surface area contributed by atoms with Gasteiger partial charge in [0.25, 0.3) is 5.91 Å². The molecule has 2 atom stereocenters. The second-order valence-electron chi connectivity index (χ2n) is 5.85. The van der Waals surface area contributed by atoms with Crippen molar-refractivity contribution in [3.63, 3.8) is 0 Å². The third kappa shape index (κ3) is 2.32. The fourth-order valence-corrected chi connectivity index (χ4v) is 3.31. The van der Waals surface area contributed by atoms with Crippen LogP contribution in [0, 0.1) is 11.3 Å². The summed E-state index contributed by atoms with van der Waals surface area (Å²) in [5, 5.41) is 6.21. The molecule has 2 fully saturated rings. The van der Waals surface area contributed by atoms with Crippen LogP contribution in [0.4, 0.5) is 5.69 Å². The van der Waals surface area contributed by atoms with Crippen LogP contribution in [-0.4, -0.2) is 42.7 Å². The van der Waals surface area contributed by atoms with Crippen LogP contribution in [-0.2, 0) is 16.6 Å². The number of rotatable bonds is 3. The van der Waals surface area contributed by atoms with E-state index in [9.17, 15) is 9.59 Å². The highest BCUT2D eigenvalue weighted by Crippen LogP contribution is 2.39. The molecule has 0 unspecified atom stereocenters. The summed E-state index contributed by atoms with van der Waals surface area (Å²) in [5.74, 6) is -0.323. The van der Waals surface area contributed by atoms with E-state index in [2.05, 4.69) is 10.6 Å². The van der Waals surface area contributed by atoms with Gasteiger partial charge in [0.05, 0.1) is 17.7 Å². The highest BCUT2D eigenvalue weighted by atomic mass is 16.5. The van der Waals surface area contributed by atoms with Gasteiger partial charge in [0, 0.05) is 38.9 Å². The highest BCUT2D eigenvalue weighted by molar-refractivity contribution is 5.98. The number of aromatic nitrogens is 1. The number of fused-ring (bicyclic) bond motifs is 1. The topological polar surface area (TPSA) is 98.4 Å². The summed E-state index contributed by atoms with van der Waals surface area (Å²) in [5.41, 5.74) is 5.84. The maximum Gasteiger partial charge on any atom is 0.265 e. The van der Waals surface area contributed by atoms with E-state index in [1.54, 1.807) is 23.9 Å². The number of hydrogen-bond acceptors (Lipinski definition) is 4. The van der Waals surface area contributed by atoms with Crippen molar-refractivity contribution in [2.75, 3.05) is 31.6 Å². The zero-order valence-electron chi connectivity index (χ0n) is 12.0. The van der Waals surface area contributed by atoms with Crippen molar-refractivity contribution in [3.8, 4) is 0 Å². The Labute approximate surface area is 122 Å². The Morgan fingerprint density at radius 3 is 3.10 bits per heavy atom. The van der Waals surface area contributed by atoms with Crippen LogP contribution in [0.3, 0.4) is 0 Å².